The topological polar surface area (TPSA) is 75.3 Å². The van der Waals surface area contributed by atoms with Crippen LogP contribution in [0.1, 0.15) is 23.7 Å². The van der Waals surface area contributed by atoms with Crippen LogP contribution in [0.5, 0.6) is 0 Å². The molecule has 94 valence electrons. The average Bonchev–Trinajstić information content (AvgIpc) is 2.25. The molecule has 1 amide bonds. The van der Waals surface area contributed by atoms with Crippen molar-refractivity contribution in [2.75, 3.05) is 18.9 Å². The molecule has 5 heteroatoms. The van der Waals surface area contributed by atoms with Crippen LogP contribution in [-0.2, 0) is 0 Å². The van der Waals surface area contributed by atoms with Crippen molar-refractivity contribution in [2.45, 2.75) is 13.3 Å². The van der Waals surface area contributed by atoms with Gasteiger partial charge in [0.25, 0.3) is 5.91 Å². The number of nitrogens with one attached hydrogen (secondary N) is 1. The lowest BCUT2D eigenvalue weighted by Gasteiger charge is -2.11. The largest absolute Gasteiger partial charge is 0.399 e. The zero-order chi connectivity index (χ0) is 12.8. The van der Waals surface area contributed by atoms with E-state index < -0.39 is 5.82 Å². The number of carbonyl (C=O) groups is 1. The Morgan fingerprint density at radius 3 is 2.82 bits per heavy atom. The van der Waals surface area contributed by atoms with Crippen LogP contribution in [-0.4, -0.2) is 24.2 Å². The fourth-order valence-electron chi connectivity index (χ4n) is 1.43. The van der Waals surface area contributed by atoms with Gasteiger partial charge in [0.1, 0.15) is 5.82 Å². The number of hydrogen-bond donors (Lipinski definition) is 3. The monoisotopic (exact) mass is 240 g/mol. The fraction of sp³-hybridized carbons (Fsp3) is 0.417. The highest BCUT2D eigenvalue weighted by Gasteiger charge is 2.09. The van der Waals surface area contributed by atoms with Gasteiger partial charge in [-0.1, -0.05) is 6.92 Å². The van der Waals surface area contributed by atoms with E-state index in [1.165, 1.54) is 6.07 Å². The fourth-order valence-corrected chi connectivity index (χ4v) is 1.43. The number of halogens is 1. The molecule has 0 fully saturated rings. The molecule has 0 spiro atoms. The van der Waals surface area contributed by atoms with E-state index in [-0.39, 0.29) is 29.7 Å². The van der Waals surface area contributed by atoms with Crippen LogP contribution in [0.15, 0.2) is 18.2 Å². The SMILES string of the molecule is CC(CCO)CNC(=O)c1cc(N)cc(F)c1. The Morgan fingerprint density at radius 2 is 2.24 bits per heavy atom. The van der Waals surface area contributed by atoms with Crippen molar-refractivity contribution < 1.29 is 14.3 Å². The number of carbonyl (C=O) groups excluding carboxylic acids is 1. The van der Waals surface area contributed by atoms with Crippen LogP contribution in [0.3, 0.4) is 0 Å². The first kappa shape index (κ1) is 13.4. The second-order valence-corrected chi connectivity index (χ2v) is 4.10. The Hall–Kier alpha value is -1.62. The van der Waals surface area contributed by atoms with E-state index in [9.17, 15) is 9.18 Å². The smallest absolute Gasteiger partial charge is 0.251 e. The third-order valence-electron chi connectivity index (χ3n) is 2.42. The number of aliphatic hydroxyl groups is 1. The van der Waals surface area contributed by atoms with E-state index in [1.54, 1.807) is 0 Å². The number of amides is 1. The molecule has 0 saturated carbocycles. The summed E-state index contributed by atoms with van der Waals surface area (Å²) in [6.45, 7) is 2.44. The van der Waals surface area contributed by atoms with Gasteiger partial charge < -0.3 is 16.2 Å². The van der Waals surface area contributed by atoms with Crippen molar-refractivity contribution in [3.05, 3.63) is 29.6 Å². The van der Waals surface area contributed by atoms with Gasteiger partial charge in [-0.3, -0.25) is 4.79 Å². The van der Waals surface area contributed by atoms with Crippen LogP contribution >= 0.6 is 0 Å². The lowest BCUT2D eigenvalue weighted by molar-refractivity contribution is 0.0945. The predicted molar refractivity (Wildman–Crippen MR) is 64.0 cm³/mol. The number of nitrogens with two attached hydrogens (primary N) is 1. The Morgan fingerprint density at radius 1 is 1.53 bits per heavy atom. The van der Waals surface area contributed by atoms with Crippen LogP contribution in [0.2, 0.25) is 0 Å². The van der Waals surface area contributed by atoms with Gasteiger partial charge in [0.2, 0.25) is 0 Å². The highest BCUT2D eigenvalue weighted by Crippen LogP contribution is 2.10. The summed E-state index contributed by atoms with van der Waals surface area (Å²) in [7, 11) is 0. The Labute approximate surface area is 99.6 Å². The lowest BCUT2D eigenvalue weighted by Crippen LogP contribution is -2.28. The molecule has 0 aliphatic carbocycles. The number of nitrogen functional groups attached to an aromatic ring is 1. The summed E-state index contributed by atoms with van der Waals surface area (Å²) < 4.78 is 13.0. The molecule has 1 atom stereocenters. The molecule has 0 aromatic heterocycles. The maximum Gasteiger partial charge on any atom is 0.251 e. The first-order valence-corrected chi connectivity index (χ1v) is 5.48. The van der Waals surface area contributed by atoms with Gasteiger partial charge in [0, 0.05) is 24.4 Å². The molecule has 1 rings (SSSR count). The first-order valence-electron chi connectivity index (χ1n) is 5.48. The molecule has 1 unspecified atom stereocenters. The van der Waals surface area contributed by atoms with Crippen molar-refractivity contribution >= 4 is 11.6 Å². The van der Waals surface area contributed by atoms with E-state index in [0.29, 0.717) is 13.0 Å². The molecule has 0 saturated heterocycles. The van der Waals surface area contributed by atoms with Crippen molar-refractivity contribution in [3.63, 3.8) is 0 Å². The van der Waals surface area contributed by atoms with E-state index in [0.717, 1.165) is 12.1 Å². The van der Waals surface area contributed by atoms with Crippen molar-refractivity contribution in [3.8, 4) is 0 Å². The zero-order valence-electron chi connectivity index (χ0n) is 9.74. The van der Waals surface area contributed by atoms with E-state index in [4.69, 9.17) is 10.8 Å². The van der Waals surface area contributed by atoms with Gasteiger partial charge >= 0.3 is 0 Å². The minimum Gasteiger partial charge on any atom is -0.399 e. The normalized spacial score (nSPS) is 12.2. The molecule has 0 radical (unpaired) electrons. The zero-order valence-corrected chi connectivity index (χ0v) is 9.74. The average molecular weight is 240 g/mol. The number of benzene rings is 1. The second kappa shape index (κ2) is 6.20. The van der Waals surface area contributed by atoms with Gasteiger partial charge in [0.15, 0.2) is 0 Å². The number of rotatable bonds is 5. The standard InChI is InChI=1S/C12H17FN2O2/c1-8(2-3-16)7-15-12(17)9-4-10(13)6-11(14)5-9/h4-6,8,16H,2-3,7,14H2,1H3,(H,15,17). The second-order valence-electron chi connectivity index (χ2n) is 4.10. The highest BCUT2D eigenvalue weighted by atomic mass is 19.1. The molecule has 4 N–H and O–H groups in total. The van der Waals surface area contributed by atoms with Crippen LogP contribution < -0.4 is 11.1 Å². The third-order valence-corrected chi connectivity index (χ3v) is 2.42. The molecule has 1 aromatic rings. The number of aliphatic hydroxyl groups excluding tert-OH is 1. The number of anilines is 1. The Bertz CT molecular complexity index is 376. The van der Waals surface area contributed by atoms with Gasteiger partial charge in [-0.05, 0) is 30.5 Å². The summed E-state index contributed by atoms with van der Waals surface area (Å²) in [5, 5.41) is 11.4. The lowest BCUT2D eigenvalue weighted by atomic mass is 10.1. The van der Waals surface area contributed by atoms with Crippen LogP contribution in [0.4, 0.5) is 10.1 Å². The van der Waals surface area contributed by atoms with Crippen LogP contribution in [0.25, 0.3) is 0 Å². The minimum atomic E-state index is -0.529. The summed E-state index contributed by atoms with van der Waals surface area (Å²) in [6.07, 6.45) is 0.617. The Balaban J connectivity index is 2.58. The summed E-state index contributed by atoms with van der Waals surface area (Å²) in [6, 6.07) is 3.72. The summed E-state index contributed by atoms with van der Waals surface area (Å²) in [5.41, 5.74) is 5.88. The third kappa shape index (κ3) is 4.40. The molecule has 1 aromatic carbocycles. The van der Waals surface area contributed by atoms with Crippen molar-refractivity contribution in [1.29, 1.82) is 0 Å². The molecule has 4 nitrogen and oxygen atoms in total. The molecule has 0 heterocycles. The van der Waals surface area contributed by atoms with Gasteiger partial charge in [-0.2, -0.15) is 0 Å². The molecule has 0 aliphatic rings. The first-order chi connectivity index (χ1) is 8.02. The molecular formula is C12H17FN2O2. The molecular weight excluding hydrogens is 223 g/mol. The molecule has 17 heavy (non-hydrogen) atoms. The van der Waals surface area contributed by atoms with E-state index in [1.807, 2.05) is 6.92 Å². The number of hydrogen-bond acceptors (Lipinski definition) is 3. The van der Waals surface area contributed by atoms with Crippen molar-refractivity contribution in [2.24, 2.45) is 5.92 Å². The Kier molecular flexibility index (Phi) is 4.90. The van der Waals surface area contributed by atoms with E-state index in [2.05, 4.69) is 5.32 Å². The maximum absolute atomic E-state index is 13.0. The molecule has 0 bridgehead atoms. The summed E-state index contributed by atoms with van der Waals surface area (Å²) in [5.74, 6) is -0.714. The maximum atomic E-state index is 13.0. The van der Waals surface area contributed by atoms with Crippen molar-refractivity contribution in [1.82, 2.24) is 5.32 Å². The van der Waals surface area contributed by atoms with E-state index >= 15 is 0 Å². The van der Waals surface area contributed by atoms with Gasteiger partial charge in [-0.25, -0.2) is 4.39 Å². The predicted octanol–water partition coefficient (Wildman–Crippen LogP) is 1.16. The van der Waals surface area contributed by atoms with Gasteiger partial charge in [-0.15, -0.1) is 0 Å². The van der Waals surface area contributed by atoms with Crippen LogP contribution in [0, 0.1) is 11.7 Å². The summed E-state index contributed by atoms with van der Waals surface area (Å²) in [4.78, 5) is 11.7. The summed E-state index contributed by atoms with van der Waals surface area (Å²) >= 11 is 0. The minimum absolute atomic E-state index is 0.0873. The molecule has 0 aliphatic heterocycles. The quantitative estimate of drug-likeness (QED) is 0.676. The van der Waals surface area contributed by atoms with Gasteiger partial charge in [0.05, 0.1) is 0 Å². The highest BCUT2D eigenvalue weighted by molar-refractivity contribution is 5.95.